The maximum absolute atomic E-state index is 13.0. The van der Waals surface area contributed by atoms with Crippen LogP contribution in [0.4, 0.5) is 9.59 Å². The lowest BCUT2D eigenvalue weighted by Crippen LogP contribution is -2.48. The third-order valence-electron chi connectivity index (χ3n) is 6.40. The highest BCUT2D eigenvalue weighted by molar-refractivity contribution is 6.30. The molecule has 1 aromatic rings. The van der Waals surface area contributed by atoms with Crippen molar-refractivity contribution in [3.8, 4) is 0 Å². The number of benzene rings is 1. The van der Waals surface area contributed by atoms with Gasteiger partial charge < -0.3 is 30.7 Å². The largest absolute Gasteiger partial charge is 0.465 e. The van der Waals surface area contributed by atoms with Crippen LogP contribution in [0.15, 0.2) is 24.3 Å². The van der Waals surface area contributed by atoms with Gasteiger partial charge in [0, 0.05) is 43.7 Å². The van der Waals surface area contributed by atoms with E-state index in [9.17, 15) is 9.59 Å². The number of amides is 3. The van der Waals surface area contributed by atoms with Crippen LogP contribution in [0.25, 0.3) is 0 Å². The molecular weight excluding hydrogens is 456 g/mol. The van der Waals surface area contributed by atoms with Crippen molar-refractivity contribution in [3.05, 3.63) is 34.9 Å². The number of carboxylic acid groups (broad SMARTS) is 1. The molecule has 0 saturated heterocycles. The van der Waals surface area contributed by atoms with E-state index < -0.39 is 6.09 Å². The Morgan fingerprint density at radius 2 is 2.00 bits per heavy atom. The van der Waals surface area contributed by atoms with Crippen molar-refractivity contribution >= 4 is 23.7 Å². The molecule has 34 heavy (non-hydrogen) atoms. The first-order chi connectivity index (χ1) is 16.3. The Morgan fingerprint density at radius 3 is 2.65 bits per heavy atom. The fourth-order valence-electron chi connectivity index (χ4n) is 4.78. The fraction of sp³-hybridized carbons (Fsp3) is 0.680. The zero-order valence-electron chi connectivity index (χ0n) is 20.7. The predicted molar refractivity (Wildman–Crippen MR) is 135 cm³/mol. The molecule has 1 aliphatic carbocycles. The zero-order chi connectivity index (χ0) is 24.9. The molecule has 1 aliphatic rings. The van der Waals surface area contributed by atoms with E-state index in [0.717, 1.165) is 18.5 Å². The summed E-state index contributed by atoms with van der Waals surface area (Å²) in [5.74, 6) is 0.636. The van der Waals surface area contributed by atoms with Crippen molar-refractivity contribution in [1.29, 1.82) is 0 Å². The number of nitrogens with one attached hydrogen (secondary N) is 3. The summed E-state index contributed by atoms with van der Waals surface area (Å²) >= 11 is 6.19. The van der Waals surface area contributed by atoms with E-state index in [4.69, 9.17) is 21.4 Å². The van der Waals surface area contributed by atoms with Gasteiger partial charge in [0.05, 0.1) is 12.7 Å². The summed E-state index contributed by atoms with van der Waals surface area (Å²) in [5, 5.41) is 18.1. The lowest BCUT2D eigenvalue weighted by molar-refractivity contribution is 0.0115. The number of likely N-dealkylation sites (N-methyl/N-ethyl adjacent to an activating group) is 1. The van der Waals surface area contributed by atoms with Gasteiger partial charge >= 0.3 is 12.1 Å². The van der Waals surface area contributed by atoms with Crippen molar-refractivity contribution in [2.75, 3.05) is 40.3 Å². The van der Waals surface area contributed by atoms with E-state index in [1.54, 1.807) is 18.0 Å². The maximum atomic E-state index is 13.0. The topological polar surface area (TPSA) is 103 Å². The van der Waals surface area contributed by atoms with Gasteiger partial charge in [-0.25, -0.2) is 9.59 Å². The van der Waals surface area contributed by atoms with Gasteiger partial charge in [-0.15, -0.1) is 0 Å². The van der Waals surface area contributed by atoms with Crippen molar-refractivity contribution in [3.63, 3.8) is 0 Å². The van der Waals surface area contributed by atoms with Gasteiger partial charge in [0.15, 0.2) is 0 Å². The minimum atomic E-state index is -1.09. The standard InChI is InChI=1S/C25H41ClN4O4/c1-18(23(34-13-12-28-25(32)33)20-10-7-11-21(26)15-20)17-30(3)24(31)29-22(16-27-2)14-19-8-5-4-6-9-19/h7,10-11,15,18-19,22-23,27-28H,4-6,8-9,12-14,16-17H2,1-3H3,(H,29,31)(H,32,33)/t18-,22-,23-/m0/s1. The first-order valence-electron chi connectivity index (χ1n) is 12.3. The third-order valence-corrected chi connectivity index (χ3v) is 6.63. The van der Waals surface area contributed by atoms with Crippen LogP contribution >= 0.6 is 11.6 Å². The van der Waals surface area contributed by atoms with Crippen molar-refractivity contribution in [1.82, 2.24) is 20.9 Å². The Balaban J connectivity index is 1.97. The molecule has 0 bridgehead atoms. The molecule has 1 fully saturated rings. The Bertz CT molecular complexity index is 760. The van der Waals surface area contributed by atoms with Gasteiger partial charge in [0.1, 0.15) is 0 Å². The van der Waals surface area contributed by atoms with Gasteiger partial charge in [0.25, 0.3) is 0 Å². The molecule has 1 saturated carbocycles. The van der Waals surface area contributed by atoms with Gasteiger partial charge in [-0.1, -0.05) is 62.8 Å². The molecule has 0 unspecified atom stereocenters. The molecular formula is C25H41ClN4O4. The smallest absolute Gasteiger partial charge is 0.404 e. The van der Waals surface area contributed by atoms with Crippen molar-refractivity contribution < 1.29 is 19.4 Å². The first kappa shape index (κ1) is 28.2. The minimum absolute atomic E-state index is 0.0415. The van der Waals surface area contributed by atoms with E-state index in [1.165, 1.54) is 32.1 Å². The van der Waals surface area contributed by atoms with Crippen molar-refractivity contribution in [2.24, 2.45) is 11.8 Å². The number of urea groups is 1. The molecule has 0 radical (unpaired) electrons. The molecule has 0 spiro atoms. The molecule has 3 atom stereocenters. The number of halogens is 1. The zero-order valence-corrected chi connectivity index (χ0v) is 21.4. The average molecular weight is 497 g/mol. The van der Waals surface area contributed by atoms with Crippen LogP contribution in [0, 0.1) is 11.8 Å². The van der Waals surface area contributed by atoms with Gasteiger partial charge in [-0.3, -0.25) is 0 Å². The summed E-state index contributed by atoms with van der Waals surface area (Å²) < 4.78 is 6.04. The summed E-state index contributed by atoms with van der Waals surface area (Å²) in [6.07, 6.45) is 5.97. The Labute approximate surface area is 208 Å². The van der Waals surface area contributed by atoms with Gasteiger partial charge in [0.2, 0.25) is 0 Å². The molecule has 4 N–H and O–H groups in total. The molecule has 1 aromatic carbocycles. The van der Waals surface area contributed by atoms with E-state index in [2.05, 4.69) is 16.0 Å². The number of ether oxygens (including phenoxy) is 1. The monoisotopic (exact) mass is 496 g/mol. The summed E-state index contributed by atoms with van der Waals surface area (Å²) in [6, 6.07) is 7.44. The normalized spacial score (nSPS) is 16.9. The molecule has 2 rings (SSSR count). The van der Waals surface area contributed by atoms with E-state index in [0.29, 0.717) is 17.5 Å². The lowest BCUT2D eigenvalue weighted by atomic mass is 9.85. The molecule has 9 heteroatoms. The van der Waals surface area contributed by atoms with Crippen LogP contribution < -0.4 is 16.0 Å². The molecule has 0 aliphatic heterocycles. The van der Waals surface area contributed by atoms with E-state index >= 15 is 0 Å². The second kappa shape index (κ2) is 15.1. The number of rotatable bonds is 13. The molecule has 3 amide bonds. The van der Waals surface area contributed by atoms with Crippen LogP contribution in [0.1, 0.15) is 57.1 Å². The van der Waals surface area contributed by atoms with E-state index in [-0.39, 0.29) is 37.2 Å². The quantitative estimate of drug-likeness (QED) is 0.301. The number of carbonyl (C=O) groups is 2. The van der Waals surface area contributed by atoms with Crippen LogP contribution in [-0.4, -0.2) is 68.5 Å². The SMILES string of the molecule is CNC[C@H](CC1CCCCC1)NC(=O)N(C)C[C@H](C)[C@H](OCCNC(=O)O)c1cccc(Cl)c1. The third kappa shape index (κ3) is 10.1. The Morgan fingerprint density at radius 1 is 1.26 bits per heavy atom. The van der Waals surface area contributed by atoms with Gasteiger partial charge in [-0.05, 0) is 37.1 Å². The second-order valence-electron chi connectivity index (χ2n) is 9.38. The Kier molecular flexibility index (Phi) is 12.5. The molecule has 0 heterocycles. The molecule has 192 valence electrons. The summed E-state index contributed by atoms with van der Waals surface area (Å²) in [6.45, 7) is 3.65. The predicted octanol–water partition coefficient (Wildman–Crippen LogP) is 4.50. The lowest BCUT2D eigenvalue weighted by Gasteiger charge is -2.31. The molecule has 8 nitrogen and oxygen atoms in total. The fourth-order valence-corrected chi connectivity index (χ4v) is 4.98. The number of nitrogens with zero attached hydrogens (tertiary/aromatic N) is 1. The summed E-state index contributed by atoms with van der Waals surface area (Å²) in [7, 11) is 3.71. The maximum Gasteiger partial charge on any atom is 0.404 e. The van der Waals surface area contributed by atoms with Crippen LogP contribution in [0.2, 0.25) is 5.02 Å². The van der Waals surface area contributed by atoms with Crippen LogP contribution in [0.5, 0.6) is 0 Å². The Hall–Kier alpha value is -2.03. The highest BCUT2D eigenvalue weighted by atomic mass is 35.5. The highest BCUT2D eigenvalue weighted by Crippen LogP contribution is 2.29. The minimum Gasteiger partial charge on any atom is -0.465 e. The number of carbonyl (C=O) groups excluding carboxylic acids is 1. The highest BCUT2D eigenvalue weighted by Gasteiger charge is 2.25. The van der Waals surface area contributed by atoms with Crippen LogP contribution in [0.3, 0.4) is 0 Å². The first-order valence-corrected chi connectivity index (χ1v) is 12.7. The van der Waals surface area contributed by atoms with Crippen molar-refractivity contribution in [2.45, 2.75) is 57.6 Å². The summed E-state index contributed by atoms with van der Waals surface area (Å²) in [4.78, 5) is 25.4. The number of hydrogen-bond donors (Lipinski definition) is 4. The molecule has 0 aromatic heterocycles. The second-order valence-corrected chi connectivity index (χ2v) is 9.82. The van der Waals surface area contributed by atoms with Crippen LogP contribution in [-0.2, 0) is 4.74 Å². The summed E-state index contributed by atoms with van der Waals surface area (Å²) in [5.41, 5.74) is 0.898. The average Bonchev–Trinajstić information content (AvgIpc) is 2.79. The van der Waals surface area contributed by atoms with E-state index in [1.807, 2.05) is 32.2 Å². The number of hydrogen-bond acceptors (Lipinski definition) is 4. The van der Waals surface area contributed by atoms with Gasteiger partial charge in [-0.2, -0.15) is 0 Å².